The number of aromatic nitrogens is 1. The van der Waals surface area contributed by atoms with Gasteiger partial charge in [-0.3, -0.25) is 9.82 Å². The second-order valence-electron chi connectivity index (χ2n) is 9.60. The number of hydrogen-bond donors (Lipinski definition) is 0. The van der Waals surface area contributed by atoms with Crippen molar-refractivity contribution in [3.8, 4) is 11.5 Å². The molecule has 37 heavy (non-hydrogen) atoms. The number of anilines is 1. The first-order valence-corrected chi connectivity index (χ1v) is 13.4. The minimum absolute atomic E-state index is 0.239. The van der Waals surface area contributed by atoms with E-state index in [0.717, 1.165) is 67.8 Å². The van der Waals surface area contributed by atoms with Gasteiger partial charge in [-0.1, -0.05) is 55.8 Å². The van der Waals surface area contributed by atoms with Gasteiger partial charge in [0.1, 0.15) is 17.1 Å². The van der Waals surface area contributed by atoms with Crippen molar-refractivity contribution in [2.24, 2.45) is 0 Å². The summed E-state index contributed by atoms with van der Waals surface area (Å²) in [5.41, 5.74) is 4.19. The van der Waals surface area contributed by atoms with Crippen molar-refractivity contribution in [2.75, 3.05) is 25.9 Å². The van der Waals surface area contributed by atoms with Crippen LogP contribution in [0.5, 0.6) is 11.5 Å². The Morgan fingerprint density at radius 3 is 2.32 bits per heavy atom. The van der Waals surface area contributed by atoms with E-state index in [4.69, 9.17) is 19.0 Å². The molecule has 0 aliphatic heterocycles. The first-order chi connectivity index (χ1) is 18.2. The number of methoxy groups -OCH3 is 2. The monoisotopic (exact) mass is 504 g/mol. The van der Waals surface area contributed by atoms with Gasteiger partial charge in [0.15, 0.2) is 5.75 Å². The summed E-state index contributed by atoms with van der Waals surface area (Å²) < 4.78 is 17.0. The Balaban J connectivity index is 1.48. The van der Waals surface area contributed by atoms with Crippen molar-refractivity contribution in [1.82, 2.24) is 4.98 Å². The van der Waals surface area contributed by atoms with Gasteiger partial charge in [0.25, 0.3) is 0 Å². The summed E-state index contributed by atoms with van der Waals surface area (Å²) in [4.78, 5) is 11.0. The Labute approximate surface area is 221 Å². The van der Waals surface area contributed by atoms with Crippen LogP contribution in [0.25, 0.3) is 0 Å². The maximum absolute atomic E-state index is 6.50. The molecule has 6 heteroatoms. The maximum Gasteiger partial charge on any atom is 0.168 e. The van der Waals surface area contributed by atoms with E-state index in [9.17, 15) is 0 Å². The quantitative estimate of drug-likeness (QED) is 0.183. The Hall–Kier alpha value is -3.09. The molecular formula is C31H40N2O4. The predicted molar refractivity (Wildman–Crippen MR) is 147 cm³/mol. The Morgan fingerprint density at radius 1 is 0.892 bits per heavy atom. The number of pyridine rings is 1. The van der Waals surface area contributed by atoms with Gasteiger partial charge in [0.2, 0.25) is 0 Å². The molecule has 0 N–H and O–H groups in total. The van der Waals surface area contributed by atoms with Crippen LogP contribution in [0.15, 0.2) is 66.9 Å². The number of ether oxygens (including phenoxy) is 3. The third-order valence-corrected chi connectivity index (χ3v) is 7.04. The van der Waals surface area contributed by atoms with Gasteiger partial charge in [-0.2, -0.15) is 0 Å². The highest BCUT2D eigenvalue weighted by molar-refractivity contribution is 5.59. The molecule has 1 aliphatic carbocycles. The molecule has 1 aromatic heterocycles. The summed E-state index contributed by atoms with van der Waals surface area (Å²) in [5, 5.41) is 2.06. The fourth-order valence-electron chi connectivity index (χ4n) is 5.02. The van der Waals surface area contributed by atoms with Crippen LogP contribution >= 0.6 is 0 Å². The minimum Gasteiger partial charge on any atom is -0.494 e. The van der Waals surface area contributed by atoms with Crippen LogP contribution in [-0.4, -0.2) is 31.9 Å². The number of hydrogen-bond acceptors (Lipinski definition) is 6. The summed E-state index contributed by atoms with van der Waals surface area (Å²) in [6.45, 7) is 3.84. The normalized spacial score (nSPS) is 17.4. The molecule has 198 valence electrons. The molecule has 1 aliphatic rings. The van der Waals surface area contributed by atoms with E-state index in [0.29, 0.717) is 24.9 Å². The Kier molecular flexibility index (Phi) is 10.2. The van der Waals surface area contributed by atoms with E-state index in [-0.39, 0.29) is 6.04 Å². The molecule has 6 nitrogen and oxygen atoms in total. The van der Waals surface area contributed by atoms with Crippen molar-refractivity contribution in [1.29, 1.82) is 0 Å². The topological polar surface area (TPSA) is 53.1 Å². The van der Waals surface area contributed by atoms with E-state index in [1.165, 1.54) is 5.56 Å². The number of hydroxylamine groups is 1. The smallest absolute Gasteiger partial charge is 0.168 e. The zero-order chi connectivity index (χ0) is 25.9. The number of nitrogens with zero attached hydrogens (tertiary/aromatic N) is 2. The van der Waals surface area contributed by atoms with Crippen molar-refractivity contribution < 1.29 is 19.0 Å². The van der Waals surface area contributed by atoms with E-state index >= 15 is 0 Å². The van der Waals surface area contributed by atoms with Crippen LogP contribution in [0.3, 0.4) is 0 Å². The Bertz CT molecular complexity index is 1070. The van der Waals surface area contributed by atoms with Crippen LogP contribution in [-0.2, 0) is 22.8 Å². The first kappa shape index (κ1) is 27.0. The van der Waals surface area contributed by atoms with Gasteiger partial charge in [-0.25, -0.2) is 5.06 Å². The lowest BCUT2D eigenvalue weighted by Gasteiger charge is -2.38. The van der Waals surface area contributed by atoms with Crippen LogP contribution in [0, 0.1) is 0 Å². The molecule has 1 fully saturated rings. The van der Waals surface area contributed by atoms with E-state index in [1.54, 1.807) is 20.4 Å². The van der Waals surface area contributed by atoms with Crippen molar-refractivity contribution in [3.63, 3.8) is 0 Å². The SMILES string of the molecule is CCCCOc1ccc([C@H]2CC[C@@H](N(OCc3ccccc3)c3ccnc(COC)c3OC)CC2)cc1. The molecule has 0 radical (unpaired) electrons. The fourth-order valence-corrected chi connectivity index (χ4v) is 5.02. The molecule has 2 aromatic carbocycles. The fraction of sp³-hybridized carbons (Fsp3) is 0.452. The van der Waals surface area contributed by atoms with Gasteiger partial charge >= 0.3 is 0 Å². The molecule has 1 heterocycles. The molecule has 0 bridgehead atoms. The summed E-state index contributed by atoms with van der Waals surface area (Å²) in [7, 11) is 3.35. The highest BCUT2D eigenvalue weighted by atomic mass is 16.7. The molecule has 1 saturated carbocycles. The van der Waals surface area contributed by atoms with Crippen LogP contribution in [0.4, 0.5) is 5.69 Å². The predicted octanol–water partition coefficient (Wildman–Crippen LogP) is 7.08. The molecule has 4 rings (SSSR count). The molecular weight excluding hydrogens is 464 g/mol. The average Bonchev–Trinajstić information content (AvgIpc) is 2.95. The summed E-state index contributed by atoms with van der Waals surface area (Å²) >= 11 is 0. The van der Waals surface area contributed by atoms with E-state index in [2.05, 4.69) is 53.4 Å². The van der Waals surface area contributed by atoms with E-state index < -0.39 is 0 Å². The van der Waals surface area contributed by atoms with Crippen molar-refractivity contribution in [2.45, 2.75) is 70.6 Å². The number of rotatable bonds is 13. The van der Waals surface area contributed by atoms with Gasteiger partial charge in [0.05, 0.1) is 33.0 Å². The highest BCUT2D eigenvalue weighted by Crippen LogP contribution is 2.40. The lowest BCUT2D eigenvalue weighted by molar-refractivity contribution is 0.0611. The number of benzene rings is 2. The third kappa shape index (κ3) is 7.24. The second-order valence-corrected chi connectivity index (χ2v) is 9.60. The summed E-state index contributed by atoms with van der Waals surface area (Å²) in [5.74, 6) is 2.21. The van der Waals surface area contributed by atoms with E-state index in [1.807, 2.05) is 24.3 Å². The van der Waals surface area contributed by atoms with Gasteiger partial charge in [-0.15, -0.1) is 0 Å². The van der Waals surface area contributed by atoms with Gasteiger partial charge in [0, 0.05) is 13.3 Å². The van der Waals surface area contributed by atoms with Crippen molar-refractivity contribution in [3.05, 3.63) is 83.7 Å². The van der Waals surface area contributed by atoms with Crippen LogP contribution in [0.1, 0.15) is 68.2 Å². The highest BCUT2D eigenvalue weighted by Gasteiger charge is 2.30. The Morgan fingerprint density at radius 2 is 1.65 bits per heavy atom. The minimum atomic E-state index is 0.239. The van der Waals surface area contributed by atoms with Gasteiger partial charge < -0.3 is 14.2 Å². The third-order valence-electron chi connectivity index (χ3n) is 7.04. The lowest BCUT2D eigenvalue weighted by atomic mass is 9.81. The molecule has 0 unspecified atom stereocenters. The standard InChI is InChI=1S/C31H40N2O4/c1-4-5-21-36-28-17-13-26(14-18-28)25-11-15-27(16-12-25)33(37-22-24-9-7-6-8-10-24)30-19-20-32-29(23-34-2)31(30)35-3/h6-10,13-14,17-20,25,27H,4-5,11-12,15-16,21-23H2,1-3H3/t25-,27+. The zero-order valence-electron chi connectivity index (χ0n) is 22.4. The molecule has 0 saturated heterocycles. The largest absolute Gasteiger partial charge is 0.494 e. The molecule has 0 amide bonds. The molecule has 0 spiro atoms. The lowest BCUT2D eigenvalue weighted by Crippen LogP contribution is -2.38. The van der Waals surface area contributed by atoms with Crippen molar-refractivity contribution >= 4 is 5.69 Å². The van der Waals surface area contributed by atoms with Crippen LogP contribution in [0.2, 0.25) is 0 Å². The average molecular weight is 505 g/mol. The maximum atomic E-state index is 6.50. The van der Waals surface area contributed by atoms with Gasteiger partial charge in [-0.05, 0) is 67.3 Å². The number of unbranched alkanes of at least 4 members (excludes halogenated alkanes) is 1. The van der Waals surface area contributed by atoms with Crippen LogP contribution < -0.4 is 14.5 Å². The zero-order valence-corrected chi connectivity index (χ0v) is 22.4. The second kappa shape index (κ2) is 14.0. The molecule has 0 atom stereocenters. The molecule has 3 aromatic rings. The summed E-state index contributed by atoms with van der Waals surface area (Å²) in [6, 6.07) is 21.2. The summed E-state index contributed by atoms with van der Waals surface area (Å²) in [6.07, 6.45) is 8.30. The first-order valence-electron chi connectivity index (χ1n) is 13.4.